The third kappa shape index (κ3) is 2.39. The minimum atomic E-state index is 0.852. The predicted octanol–water partition coefficient (Wildman–Crippen LogP) is 4.04. The first-order chi connectivity index (χ1) is 7.66. The summed E-state index contributed by atoms with van der Waals surface area (Å²) < 4.78 is 0. The van der Waals surface area contributed by atoms with Crippen molar-refractivity contribution in [3.8, 4) is 0 Å². The average Bonchev–Trinajstić information content (AvgIpc) is 2.26. The molecule has 0 aromatic heterocycles. The van der Waals surface area contributed by atoms with Crippen molar-refractivity contribution in [1.82, 2.24) is 0 Å². The molecule has 0 amide bonds. The number of nitrogens with two attached hydrogens (primary N) is 1. The molecular formula is C14H15NS. The minimum absolute atomic E-state index is 0.852. The highest BCUT2D eigenvalue weighted by Gasteiger charge is 2.04. The van der Waals surface area contributed by atoms with Gasteiger partial charge in [0.15, 0.2) is 0 Å². The fourth-order valence-corrected chi connectivity index (χ4v) is 2.46. The molecular weight excluding hydrogens is 214 g/mol. The third-order valence-electron chi connectivity index (χ3n) is 2.48. The van der Waals surface area contributed by atoms with Crippen molar-refractivity contribution < 1.29 is 0 Å². The molecule has 0 bridgehead atoms. The largest absolute Gasteiger partial charge is 0.398 e. The molecule has 0 atom stereocenters. The molecule has 82 valence electrons. The summed E-state index contributed by atoms with van der Waals surface area (Å²) in [6.45, 7) is 4.18. The van der Waals surface area contributed by atoms with Crippen LogP contribution in [0.5, 0.6) is 0 Å². The van der Waals surface area contributed by atoms with Gasteiger partial charge in [0.05, 0.1) is 0 Å². The van der Waals surface area contributed by atoms with Crippen LogP contribution in [-0.2, 0) is 0 Å². The summed E-state index contributed by atoms with van der Waals surface area (Å²) in [6, 6.07) is 14.5. The Morgan fingerprint density at radius 1 is 0.938 bits per heavy atom. The molecule has 1 nitrogen and oxygen atoms in total. The number of hydrogen-bond donors (Lipinski definition) is 1. The zero-order valence-electron chi connectivity index (χ0n) is 9.53. The van der Waals surface area contributed by atoms with Gasteiger partial charge in [0.1, 0.15) is 0 Å². The summed E-state index contributed by atoms with van der Waals surface area (Å²) in [5.74, 6) is 0. The molecule has 16 heavy (non-hydrogen) atoms. The lowest BCUT2D eigenvalue weighted by Gasteiger charge is -2.08. The van der Waals surface area contributed by atoms with Gasteiger partial charge >= 0.3 is 0 Å². The maximum atomic E-state index is 5.98. The lowest BCUT2D eigenvalue weighted by atomic mass is 10.2. The number of aryl methyl sites for hydroxylation is 2. The Morgan fingerprint density at radius 3 is 2.25 bits per heavy atom. The van der Waals surface area contributed by atoms with Crippen molar-refractivity contribution in [3.63, 3.8) is 0 Å². The number of anilines is 1. The lowest BCUT2D eigenvalue weighted by Crippen LogP contribution is -1.90. The van der Waals surface area contributed by atoms with Crippen LogP contribution in [0.2, 0.25) is 0 Å². The van der Waals surface area contributed by atoms with Crippen molar-refractivity contribution in [2.24, 2.45) is 0 Å². The fourth-order valence-electron chi connectivity index (χ4n) is 1.54. The van der Waals surface area contributed by atoms with E-state index >= 15 is 0 Å². The molecule has 2 aromatic rings. The van der Waals surface area contributed by atoms with Gasteiger partial charge in [-0.3, -0.25) is 0 Å². The molecule has 0 aliphatic carbocycles. The quantitative estimate of drug-likeness (QED) is 0.787. The number of hydrogen-bond acceptors (Lipinski definition) is 2. The Hall–Kier alpha value is -1.41. The first-order valence-corrected chi connectivity index (χ1v) is 6.08. The van der Waals surface area contributed by atoms with Gasteiger partial charge in [-0.1, -0.05) is 41.6 Å². The van der Waals surface area contributed by atoms with Crippen LogP contribution >= 0.6 is 11.8 Å². The van der Waals surface area contributed by atoms with E-state index in [9.17, 15) is 0 Å². The molecule has 2 aromatic carbocycles. The highest BCUT2D eigenvalue weighted by molar-refractivity contribution is 7.99. The van der Waals surface area contributed by atoms with E-state index in [0.717, 1.165) is 10.6 Å². The van der Waals surface area contributed by atoms with Crippen LogP contribution in [0.3, 0.4) is 0 Å². The number of nitrogen functional groups attached to an aromatic ring is 1. The van der Waals surface area contributed by atoms with E-state index in [0.29, 0.717) is 0 Å². The highest BCUT2D eigenvalue weighted by Crippen LogP contribution is 2.34. The van der Waals surface area contributed by atoms with E-state index in [4.69, 9.17) is 5.73 Å². The first-order valence-electron chi connectivity index (χ1n) is 5.26. The number of benzene rings is 2. The molecule has 2 N–H and O–H groups in total. The molecule has 0 unspecified atom stereocenters. The Morgan fingerprint density at radius 2 is 1.62 bits per heavy atom. The monoisotopic (exact) mass is 229 g/mol. The fraction of sp³-hybridized carbons (Fsp3) is 0.143. The van der Waals surface area contributed by atoms with Gasteiger partial charge < -0.3 is 5.73 Å². The number of rotatable bonds is 2. The van der Waals surface area contributed by atoms with Crippen LogP contribution in [-0.4, -0.2) is 0 Å². The van der Waals surface area contributed by atoms with Gasteiger partial charge in [0, 0.05) is 15.5 Å². The highest BCUT2D eigenvalue weighted by atomic mass is 32.2. The van der Waals surface area contributed by atoms with Gasteiger partial charge in [-0.15, -0.1) is 0 Å². The minimum Gasteiger partial charge on any atom is -0.398 e. The summed E-state index contributed by atoms with van der Waals surface area (Å²) in [4.78, 5) is 2.39. The van der Waals surface area contributed by atoms with Crippen molar-refractivity contribution in [1.29, 1.82) is 0 Å². The van der Waals surface area contributed by atoms with Gasteiger partial charge in [0.2, 0.25) is 0 Å². The van der Waals surface area contributed by atoms with Crippen LogP contribution in [0.1, 0.15) is 11.1 Å². The Kier molecular flexibility index (Phi) is 3.20. The van der Waals surface area contributed by atoms with E-state index in [1.54, 1.807) is 11.8 Å². The first kappa shape index (κ1) is 11.1. The molecule has 0 spiro atoms. The predicted molar refractivity (Wildman–Crippen MR) is 70.9 cm³/mol. The van der Waals surface area contributed by atoms with E-state index in [1.807, 2.05) is 12.1 Å². The van der Waals surface area contributed by atoms with Crippen molar-refractivity contribution in [3.05, 3.63) is 53.6 Å². The standard InChI is InChI=1S/C14H15NS/c1-10-6-8-12(9-7-10)16-14-11(2)4-3-5-13(14)15/h3-9H,15H2,1-2H3. The normalized spacial score (nSPS) is 10.4. The lowest BCUT2D eigenvalue weighted by molar-refractivity contribution is 1.29. The molecule has 0 radical (unpaired) electrons. The van der Waals surface area contributed by atoms with Gasteiger partial charge in [-0.2, -0.15) is 0 Å². The van der Waals surface area contributed by atoms with Crippen LogP contribution in [0, 0.1) is 13.8 Å². The zero-order valence-corrected chi connectivity index (χ0v) is 10.3. The molecule has 0 heterocycles. The Balaban J connectivity index is 2.30. The van der Waals surface area contributed by atoms with Crippen LogP contribution in [0.25, 0.3) is 0 Å². The molecule has 2 heteroatoms. The second-order valence-corrected chi connectivity index (χ2v) is 4.99. The maximum absolute atomic E-state index is 5.98. The Labute approximate surface area is 101 Å². The van der Waals surface area contributed by atoms with Crippen LogP contribution < -0.4 is 5.73 Å². The second kappa shape index (κ2) is 4.62. The maximum Gasteiger partial charge on any atom is 0.0458 e. The SMILES string of the molecule is Cc1ccc(Sc2c(C)cccc2N)cc1. The van der Waals surface area contributed by atoms with Crippen LogP contribution in [0.15, 0.2) is 52.3 Å². The van der Waals surface area contributed by atoms with Crippen LogP contribution in [0.4, 0.5) is 5.69 Å². The van der Waals surface area contributed by atoms with E-state index in [-0.39, 0.29) is 0 Å². The molecule has 2 rings (SSSR count). The van der Waals surface area contributed by atoms with E-state index in [2.05, 4.69) is 44.2 Å². The summed E-state index contributed by atoms with van der Waals surface area (Å²) in [5, 5.41) is 0. The summed E-state index contributed by atoms with van der Waals surface area (Å²) in [6.07, 6.45) is 0. The van der Waals surface area contributed by atoms with E-state index in [1.165, 1.54) is 16.0 Å². The molecule has 0 aliphatic rings. The average molecular weight is 229 g/mol. The summed E-state index contributed by atoms with van der Waals surface area (Å²) >= 11 is 1.72. The van der Waals surface area contributed by atoms with Crippen molar-refractivity contribution in [2.75, 3.05) is 5.73 Å². The van der Waals surface area contributed by atoms with Crippen molar-refractivity contribution >= 4 is 17.4 Å². The summed E-state index contributed by atoms with van der Waals surface area (Å²) in [5.41, 5.74) is 9.34. The van der Waals surface area contributed by atoms with Gasteiger partial charge in [-0.25, -0.2) is 0 Å². The molecule has 0 saturated carbocycles. The molecule has 0 saturated heterocycles. The summed E-state index contributed by atoms with van der Waals surface area (Å²) in [7, 11) is 0. The van der Waals surface area contributed by atoms with Crippen molar-refractivity contribution in [2.45, 2.75) is 23.6 Å². The second-order valence-electron chi connectivity index (χ2n) is 3.91. The molecule has 0 fully saturated rings. The topological polar surface area (TPSA) is 26.0 Å². The van der Waals surface area contributed by atoms with Gasteiger partial charge in [0.25, 0.3) is 0 Å². The van der Waals surface area contributed by atoms with Gasteiger partial charge in [-0.05, 0) is 37.6 Å². The third-order valence-corrected chi connectivity index (χ3v) is 3.75. The molecule has 0 aliphatic heterocycles. The Bertz CT molecular complexity index is 468. The zero-order chi connectivity index (χ0) is 11.5. The van der Waals surface area contributed by atoms with E-state index < -0.39 is 0 Å². The smallest absolute Gasteiger partial charge is 0.0458 e.